The molecule has 0 aromatic carbocycles. The molecule has 288 valence electrons. The van der Waals surface area contributed by atoms with Gasteiger partial charge in [0.1, 0.15) is 36.3 Å². The molecule has 2 unspecified atom stereocenters. The van der Waals surface area contributed by atoms with Crippen molar-refractivity contribution < 1.29 is 66.8 Å². The normalized spacial score (nSPS) is 28.5. The second-order valence-electron chi connectivity index (χ2n) is 12.8. The number of phosphoric ester groups is 2. The van der Waals surface area contributed by atoms with Gasteiger partial charge in [0.15, 0.2) is 41.6 Å². The van der Waals surface area contributed by atoms with E-state index in [1.807, 2.05) is 0 Å². The van der Waals surface area contributed by atoms with Crippen molar-refractivity contribution >= 4 is 38.5 Å². The summed E-state index contributed by atoms with van der Waals surface area (Å²) in [4.78, 5) is 47.4. The zero-order valence-electron chi connectivity index (χ0n) is 28.6. The summed E-state index contributed by atoms with van der Waals surface area (Å²) in [6.45, 7) is 4.17. The molecule has 3 aromatic rings. The Morgan fingerprint density at radius 1 is 1.00 bits per heavy atom. The van der Waals surface area contributed by atoms with Crippen LogP contribution in [-0.2, 0) is 27.2 Å². The first-order valence-corrected chi connectivity index (χ1v) is 19.9. The van der Waals surface area contributed by atoms with Crippen LogP contribution in [0.2, 0.25) is 0 Å². The number of unbranched alkanes of at least 4 members (excludes halogenated alkanes) is 2. The van der Waals surface area contributed by atoms with Crippen LogP contribution in [-0.4, -0.2) is 112 Å². The zero-order valence-corrected chi connectivity index (χ0v) is 30.4. The quantitative estimate of drug-likeness (QED) is 0.0683. The largest absolute Gasteiger partial charge is 0.481 e. The van der Waals surface area contributed by atoms with Gasteiger partial charge in [0.25, 0.3) is 5.91 Å². The van der Waals surface area contributed by atoms with Crippen LogP contribution in [0.5, 0.6) is 0 Å². The van der Waals surface area contributed by atoms with Crippen molar-refractivity contribution in [2.75, 3.05) is 31.2 Å². The van der Waals surface area contributed by atoms with Gasteiger partial charge in [-0.2, -0.15) is 8.88 Å². The highest BCUT2D eigenvalue weighted by Crippen LogP contribution is 2.61. The molecule has 3 aromatic heterocycles. The van der Waals surface area contributed by atoms with E-state index in [4.69, 9.17) is 19.5 Å². The lowest BCUT2D eigenvalue weighted by atomic mass is 10.1. The summed E-state index contributed by atoms with van der Waals surface area (Å²) in [5, 5.41) is 42.7. The molecule has 2 aliphatic rings. The summed E-state index contributed by atoms with van der Waals surface area (Å²) < 4.78 is 48.1. The van der Waals surface area contributed by atoms with Crippen molar-refractivity contribution in [3.8, 4) is 0 Å². The summed E-state index contributed by atoms with van der Waals surface area (Å²) in [6, 6.07) is 2.23. The number of nitrogens with zero attached hydrogens (tertiary/aromatic N) is 6. The van der Waals surface area contributed by atoms with Crippen molar-refractivity contribution in [3.63, 3.8) is 0 Å². The number of anilines is 1. The number of fused-ring (bicyclic) bond motifs is 1. The Morgan fingerprint density at radius 2 is 1.67 bits per heavy atom. The second-order valence-corrected chi connectivity index (χ2v) is 15.9. The molecule has 20 nitrogen and oxygen atoms in total. The molecule has 0 spiro atoms. The summed E-state index contributed by atoms with van der Waals surface area (Å²) in [6.07, 6.45) is 0.933. The van der Waals surface area contributed by atoms with Crippen LogP contribution >= 0.6 is 15.6 Å². The van der Waals surface area contributed by atoms with Gasteiger partial charge in [0, 0.05) is 31.5 Å². The number of hydrogen-bond donors (Lipinski definition) is 7. The summed E-state index contributed by atoms with van der Waals surface area (Å²) in [7, 11) is -10.7. The minimum Gasteiger partial charge on any atom is -0.390 e. The number of carbonyl (C=O) groups is 1. The van der Waals surface area contributed by atoms with E-state index in [0.29, 0.717) is 17.0 Å². The summed E-state index contributed by atoms with van der Waals surface area (Å²) in [5.74, 6) is -1.02. The van der Waals surface area contributed by atoms with E-state index in [-0.39, 0.29) is 12.0 Å². The second kappa shape index (κ2) is 17.0. The maximum absolute atomic E-state index is 12.7. The van der Waals surface area contributed by atoms with Crippen LogP contribution in [0.3, 0.4) is 0 Å². The Hall–Kier alpha value is -2.97. The monoisotopic (exact) mass is 774 g/mol. The molecule has 1 amide bonds. The van der Waals surface area contributed by atoms with Gasteiger partial charge in [0.2, 0.25) is 0 Å². The van der Waals surface area contributed by atoms with Gasteiger partial charge in [-0.15, -0.1) is 0 Å². The molecular formula is C30H46N7O13P2+. The van der Waals surface area contributed by atoms with Gasteiger partial charge in [-0.3, -0.25) is 18.4 Å². The Kier molecular flexibility index (Phi) is 13.2. The number of amides is 1. The van der Waals surface area contributed by atoms with Gasteiger partial charge < -0.3 is 45.6 Å². The first-order chi connectivity index (χ1) is 24.7. The maximum Gasteiger partial charge on any atom is 0.481 e. The number of carbonyl (C=O) groups excluding carboxylic acids is 1. The van der Waals surface area contributed by atoms with E-state index in [1.165, 1.54) is 40.1 Å². The fourth-order valence-corrected chi connectivity index (χ4v) is 8.45. The van der Waals surface area contributed by atoms with Gasteiger partial charge >= 0.3 is 15.6 Å². The van der Waals surface area contributed by atoms with E-state index in [0.717, 1.165) is 38.8 Å². The fourth-order valence-electron chi connectivity index (χ4n) is 6.32. The van der Waals surface area contributed by atoms with Gasteiger partial charge in [-0.05, 0) is 18.9 Å². The average Bonchev–Trinajstić information content (AvgIpc) is 3.75. The molecule has 1 saturated carbocycles. The predicted molar refractivity (Wildman–Crippen MR) is 180 cm³/mol. The third kappa shape index (κ3) is 9.21. The number of hydrogen-bond acceptors (Lipinski definition) is 15. The highest BCUT2D eigenvalue weighted by Gasteiger charge is 2.49. The van der Waals surface area contributed by atoms with Gasteiger partial charge in [-0.1, -0.05) is 26.7 Å². The average molecular weight is 775 g/mol. The zero-order chi connectivity index (χ0) is 37.8. The third-order valence-corrected chi connectivity index (χ3v) is 11.7. The Labute approximate surface area is 299 Å². The molecule has 1 saturated heterocycles. The fraction of sp³-hybridized carbons (Fsp3) is 0.633. The van der Waals surface area contributed by atoms with Gasteiger partial charge in [-0.25, -0.2) is 24.1 Å². The molecule has 22 heteroatoms. The van der Waals surface area contributed by atoms with E-state index < -0.39 is 83.5 Å². The van der Waals surface area contributed by atoms with Crippen molar-refractivity contribution in [2.45, 2.75) is 88.7 Å². The summed E-state index contributed by atoms with van der Waals surface area (Å²) in [5.41, 5.74) is 6.25. The smallest absolute Gasteiger partial charge is 0.390 e. The van der Waals surface area contributed by atoms with E-state index in [2.05, 4.69) is 38.0 Å². The number of primary amides is 1. The van der Waals surface area contributed by atoms with Crippen LogP contribution in [0.25, 0.3) is 11.2 Å². The SMILES string of the molecule is CCCCN(CCCC)c1ncnc2c1ncn2[C@H]1O[C@@H](COP(=O)(O)OP(=O)(O)OC[C@H]2C[C@@H]([n+]3cccc(C(N)=O)c3)[C@H](O)[C@@H]2O)[C@H](O)[C@@H]1O. The van der Waals surface area contributed by atoms with Crippen LogP contribution in [0.1, 0.15) is 68.6 Å². The number of aromatic nitrogens is 5. The number of rotatable bonds is 18. The molecule has 1 aliphatic heterocycles. The van der Waals surface area contributed by atoms with Crippen LogP contribution in [0.15, 0.2) is 37.2 Å². The van der Waals surface area contributed by atoms with Crippen molar-refractivity contribution in [3.05, 3.63) is 42.7 Å². The number of ether oxygens (including phenoxy) is 1. The molecule has 5 rings (SSSR count). The Balaban J connectivity index is 1.18. The van der Waals surface area contributed by atoms with Crippen molar-refractivity contribution in [2.24, 2.45) is 11.7 Å². The van der Waals surface area contributed by atoms with Crippen LogP contribution in [0.4, 0.5) is 5.82 Å². The predicted octanol–water partition coefficient (Wildman–Crippen LogP) is 0.472. The number of aliphatic hydroxyl groups is 4. The first-order valence-electron chi connectivity index (χ1n) is 16.9. The van der Waals surface area contributed by atoms with E-state index in [9.17, 15) is 44.1 Å². The Bertz CT molecular complexity index is 1780. The van der Waals surface area contributed by atoms with Gasteiger partial charge in [0.05, 0.1) is 25.6 Å². The molecule has 0 radical (unpaired) electrons. The lowest BCUT2D eigenvalue weighted by Crippen LogP contribution is -2.45. The number of phosphoric acid groups is 2. The molecule has 8 N–H and O–H groups in total. The number of pyridine rings is 1. The molecule has 1 aliphatic carbocycles. The lowest BCUT2D eigenvalue weighted by Gasteiger charge is -2.23. The Morgan fingerprint density at radius 3 is 2.33 bits per heavy atom. The maximum atomic E-state index is 12.7. The van der Waals surface area contributed by atoms with E-state index >= 15 is 0 Å². The minimum atomic E-state index is -5.35. The molecule has 4 heterocycles. The number of nitrogens with two attached hydrogens (primary N) is 1. The first kappa shape index (κ1) is 40.2. The highest BCUT2D eigenvalue weighted by atomic mass is 31.3. The lowest BCUT2D eigenvalue weighted by molar-refractivity contribution is -0.728. The van der Waals surface area contributed by atoms with Crippen molar-refractivity contribution in [1.82, 2.24) is 19.5 Å². The van der Waals surface area contributed by atoms with E-state index in [1.54, 1.807) is 6.20 Å². The van der Waals surface area contributed by atoms with Crippen LogP contribution in [0, 0.1) is 5.92 Å². The molecule has 52 heavy (non-hydrogen) atoms. The topological polar surface area (TPSA) is 286 Å². The molecule has 10 atom stereocenters. The minimum absolute atomic E-state index is 0.0262. The highest BCUT2D eigenvalue weighted by molar-refractivity contribution is 7.61. The molecule has 2 fully saturated rings. The summed E-state index contributed by atoms with van der Waals surface area (Å²) >= 11 is 0. The number of imidazole rings is 1. The molecular weight excluding hydrogens is 728 g/mol. The standard InChI is InChI=1S/C30H45N7O13P2/c1-3-5-9-35(10-6-4-2)28-22-29(33-16-32-28)37(17-34-22)30-26(41)25(40)21(49-30)15-48-52(45,46)50-51(43,44)47-14-19-12-20(24(39)23(19)38)36-11-7-8-18(13-36)27(31)42/h7-8,11,13,16-17,19-21,23-26,30,38-41H,3-6,9-10,12,14-15H2,1-2H3,(H3-,31,42,43,44,45,46)/p+1/t19-,20-,21+,23-,24+,25+,26+,30+/m1/s1. The molecule has 0 bridgehead atoms. The van der Waals surface area contributed by atoms with Crippen molar-refractivity contribution in [1.29, 1.82) is 0 Å². The number of aliphatic hydroxyl groups excluding tert-OH is 4. The van der Waals surface area contributed by atoms with Crippen LogP contribution < -0.4 is 15.2 Å². The third-order valence-electron chi connectivity index (χ3n) is 9.13.